The van der Waals surface area contributed by atoms with E-state index in [4.69, 9.17) is 10.5 Å². The fourth-order valence-corrected chi connectivity index (χ4v) is 3.27. The molecule has 22 heavy (non-hydrogen) atoms. The topological polar surface area (TPSA) is 84.6 Å². The Bertz CT molecular complexity index is 530. The molecule has 1 aromatic heterocycles. The van der Waals surface area contributed by atoms with Crippen LogP contribution in [0.3, 0.4) is 0 Å². The molecule has 3 heterocycles. The SMILES string of the molecule is C[C@H]1CN(C2CCN(C(=O)c3nccnc3N)CC2)CCO1. The van der Waals surface area contributed by atoms with Crippen LogP contribution in [-0.4, -0.2) is 70.6 Å². The molecule has 2 aliphatic rings. The molecule has 7 nitrogen and oxygen atoms in total. The van der Waals surface area contributed by atoms with Gasteiger partial charge in [0.2, 0.25) is 0 Å². The lowest BCUT2D eigenvalue weighted by molar-refractivity contribution is -0.0423. The van der Waals surface area contributed by atoms with Gasteiger partial charge < -0.3 is 15.4 Å². The van der Waals surface area contributed by atoms with Crippen LogP contribution in [0, 0.1) is 0 Å². The van der Waals surface area contributed by atoms with Crippen LogP contribution in [0.4, 0.5) is 5.82 Å². The van der Waals surface area contributed by atoms with Crippen LogP contribution < -0.4 is 5.73 Å². The third kappa shape index (κ3) is 3.20. The minimum absolute atomic E-state index is 0.112. The molecule has 0 radical (unpaired) electrons. The van der Waals surface area contributed by atoms with Crippen LogP contribution in [0.2, 0.25) is 0 Å². The molecule has 1 atom stereocenters. The summed E-state index contributed by atoms with van der Waals surface area (Å²) in [5.74, 6) is 0.0935. The molecule has 0 aromatic carbocycles. The molecule has 2 aliphatic heterocycles. The number of rotatable bonds is 2. The highest BCUT2D eigenvalue weighted by Gasteiger charge is 2.30. The summed E-state index contributed by atoms with van der Waals surface area (Å²) < 4.78 is 5.59. The van der Waals surface area contributed by atoms with Crippen molar-refractivity contribution in [2.45, 2.75) is 31.9 Å². The van der Waals surface area contributed by atoms with Crippen molar-refractivity contribution in [2.75, 3.05) is 38.5 Å². The molecule has 0 aliphatic carbocycles. The fourth-order valence-electron chi connectivity index (χ4n) is 3.27. The van der Waals surface area contributed by atoms with Crippen molar-refractivity contribution in [1.29, 1.82) is 0 Å². The summed E-state index contributed by atoms with van der Waals surface area (Å²) in [7, 11) is 0. The number of morpholine rings is 1. The van der Waals surface area contributed by atoms with E-state index < -0.39 is 0 Å². The normalized spacial score (nSPS) is 24.4. The second-order valence-electron chi connectivity index (χ2n) is 5.99. The number of hydrogen-bond donors (Lipinski definition) is 1. The average molecular weight is 305 g/mol. The number of nitrogen functional groups attached to an aromatic ring is 1. The van der Waals surface area contributed by atoms with Gasteiger partial charge in [-0.15, -0.1) is 0 Å². The van der Waals surface area contributed by atoms with Gasteiger partial charge in [-0.1, -0.05) is 0 Å². The van der Waals surface area contributed by atoms with Gasteiger partial charge in [-0.25, -0.2) is 9.97 Å². The van der Waals surface area contributed by atoms with E-state index in [0.717, 1.165) is 45.6 Å². The summed E-state index contributed by atoms with van der Waals surface area (Å²) in [6, 6.07) is 0.537. The van der Waals surface area contributed by atoms with E-state index in [1.165, 1.54) is 12.4 Å². The van der Waals surface area contributed by atoms with Crippen LogP contribution >= 0.6 is 0 Å². The first-order valence-corrected chi connectivity index (χ1v) is 7.86. The molecule has 0 saturated carbocycles. The Morgan fingerprint density at radius 3 is 2.68 bits per heavy atom. The first-order chi connectivity index (χ1) is 10.6. The maximum Gasteiger partial charge on any atom is 0.276 e. The molecule has 2 N–H and O–H groups in total. The Morgan fingerprint density at radius 2 is 2.00 bits per heavy atom. The van der Waals surface area contributed by atoms with Crippen molar-refractivity contribution in [1.82, 2.24) is 19.8 Å². The highest BCUT2D eigenvalue weighted by Crippen LogP contribution is 2.21. The first kappa shape index (κ1) is 15.2. The Balaban J connectivity index is 1.57. The highest BCUT2D eigenvalue weighted by molar-refractivity contribution is 5.96. The minimum Gasteiger partial charge on any atom is -0.382 e. The van der Waals surface area contributed by atoms with Gasteiger partial charge >= 0.3 is 0 Å². The number of hydrogen-bond acceptors (Lipinski definition) is 6. The van der Waals surface area contributed by atoms with Crippen LogP contribution in [0.25, 0.3) is 0 Å². The lowest BCUT2D eigenvalue weighted by Gasteiger charge is -2.41. The number of carbonyl (C=O) groups excluding carboxylic acids is 1. The van der Waals surface area contributed by atoms with E-state index in [9.17, 15) is 4.79 Å². The maximum absolute atomic E-state index is 12.5. The Morgan fingerprint density at radius 1 is 1.27 bits per heavy atom. The number of piperidine rings is 1. The summed E-state index contributed by atoms with van der Waals surface area (Å²) in [6.07, 6.45) is 5.27. The second kappa shape index (κ2) is 6.58. The van der Waals surface area contributed by atoms with Gasteiger partial charge in [0.05, 0.1) is 12.7 Å². The van der Waals surface area contributed by atoms with E-state index in [1.54, 1.807) is 0 Å². The molecule has 2 fully saturated rings. The standard InChI is InChI=1S/C15H23N5O2/c1-11-10-20(8-9-22-11)12-2-6-19(7-3-12)15(21)13-14(16)18-5-4-17-13/h4-5,11-12H,2-3,6-10H2,1H3,(H2,16,18)/t11-/m0/s1. The van der Waals surface area contributed by atoms with E-state index in [0.29, 0.717) is 12.1 Å². The largest absolute Gasteiger partial charge is 0.382 e. The molecule has 120 valence electrons. The number of likely N-dealkylation sites (tertiary alicyclic amines) is 1. The van der Waals surface area contributed by atoms with Crippen LogP contribution in [0.5, 0.6) is 0 Å². The molecular formula is C15H23N5O2. The van der Waals surface area contributed by atoms with Gasteiger partial charge in [-0.05, 0) is 19.8 Å². The lowest BCUT2D eigenvalue weighted by atomic mass is 10.0. The van der Waals surface area contributed by atoms with Crippen LogP contribution in [0.15, 0.2) is 12.4 Å². The number of ether oxygens (including phenoxy) is 1. The summed E-state index contributed by atoms with van der Waals surface area (Å²) in [5.41, 5.74) is 6.01. The van der Waals surface area contributed by atoms with Crippen molar-refractivity contribution in [3.05, 3.63) is 18.1 Å². The molecule has 0 unspecified atom stereocenters. The molecule has 7 heteroatoms. The highest BCUT2D eigenvalue weighted by atomic mass is 16.5. The van der Waals surface area contributed by atoms with Gasteiger partial charge in [0.1, 0.15) is 0 Å². The number of carbonyl (C=O) groups is 1. The van der Waals surface area contributed by atoms with Crippen molar-refractivity contribution >= 4 is 11.7 Å². The predicted molar refractivity (Wildman–Crippen MR) is 82.4 cm³/mol. The zero-order valence-corrected chi connectivity index (χ0v) is 12.9. The quantitative estimate of drug-likeness (QED) is 0.850. The zero-order chi connectivity index (χ0) is 15.5. The number of nitrogens with two attached hydrogens (primary N) is 1. The molecule has 2 saturated heterocycles. The maximum atomic E-state index is 12.5. The molecule has 3 rings (SSSR count). The molecule has 1 amide bonds. The minimum atomic E-state index is -0.112. The van der Waals surface area contributed by atoms with E-state index in [-0.39, 0.29) is 17.4 Å². The van der Waals surface area contributed by atoms with E-state index in [1.807, 2.05) is 4.90 Å². The second-order valence-corrected chi connectivity index (χ2v) is 5.99. The van der Waals surface area contributed by atoms with Crippen LogP contribution in [-0.2, 0) is 4.74 Å². The number of anilines is 1. The van der Waals surface area contributed by atoms with Crippen molar-refractivity contribution in [3.8, 4) is 0 Å². The Kier molecular flexibility index (Phi) is 4.54. The Labute approximate surface area is 130 Å². The first-order valence-electron chi connectivity index (χ1n) is 7.86. The molecule has 0 bridgehead atoms. The summed E-state index contributed by atoms with van der Waals surface area (Å²) in [4.78, 5) is 24.8. The van der Waals surface area contributed by atoms with Gasteiger partial charge in [0, 0.05) is 44.6 Å². The van der Waals surface area contributed by atoms with Gasteiger partial charge in [0.25, 0.3) is 5.91 Å². The van der Waals surface area contributed by atoms with Crippen molar-refractivity contribution in [3.63, 3.8) is 0 Å². The summed E-state index contributed by atoms with van der Waals surface area (Å²) in [5, 5.41) is 0. The fraction of sp³-hybridized carbons (Fsp3) is 0.667. The molecule has 0 spiro atoms. The van der Waals surface area contributed by atoms with Crippen molar-refractivity contribution in [2.24, 2.45) is 0 Å². The molecular weight excluding hydrogens is 282 g/mol. The Hall–Kier alpha value is -1.73. The predicted octanol–water partition coefficient (Wildman–Crippen LogP) is 0.384. The monoisotopic (exact) mass is 305 g/mol. The third-order valence-electron chi connectivity index (χ3n) is 4.47. The summed E-state index contributed by atoms with van der Waals surface area (Å²) in [6.45, 7) is 6.37. The number of aromatic nitrogens is 2. The van der Waals surface area contributed by atoms with E-state index >= 15 is 0 Å². The average Bonchev–Trinajstić information content (AvgIpc) is 2.55. The van der Waals surface area contributed by atoms with Crippen LogP contribution in [0.1, 0.15) is 30.3 Å². The number of nitrogens with zero attached hydrogens (tertiary/aromatic N) is 4. The summed E-state index contributed by atoms with van der Waals surface area (Å²) >= 11 is 0. The number of amides is 1. The lowest BCUT2D eigenvalue weighted by Crippen LogP contribution is -2.51. The zero-order valence-electron chi connectivity index (χ0n) is 12.9. The molecule has 1 aromatic rings. The van der Waals surface area contributed by atoms with Gasteiger partial charge in [-0.3, -0.25) is 9.69 Å². The third-order valence-corrected chi connectivity index (χ3v) is 4.47. The van der Waals surface area contributed by atoms with Gasteiger partial charge in [-0.2, -0.15) is 0 Å². The van der Waals surface area contributed by atoms with Gasteiger partial charge in [0.15, 0.2) is 11.5 Å². The van der Waals surface area contributed by atoms with Crippen molar-refractivity contribution < 1.29 is 9.53 Å². The smallest absolute Gasteiger partial charge is 0.276 e. The van der Waals surface area contributed by atoms with E-state index in [2.05, 4.69) is 21.8 Å².